The average molecular weight is 231 g/mol. The Morgan fingerprint density at radius 3 is 2.94 bits per heavy atom. The van der Waals surface area contributed by atoms with Gasteiger partial charge in [0.2, 0.25) is 5.89 Å². The number of aromatic nitrogens is 4. The summed E-state index contributed by atoms with van der Waals surface area (Å²) < 4.78 is 5.30. The van der Waals surface area contributed by atoms with Crippen molar-refractivity contribution in [3.63, 3.8) is 0 Å². The van der Waals surface area contributed by atoms with Crippen LogP contribution in [0.5, 0.6) is 0 Å². The number of amides is 1. The maximum Gasteiger partial charge on any atom is 0.322 e. The van der Waals surface area contributed by atoms with E-state index in [-0.39, 0.29) is 11.7 Å². The van der Waals surface area contributed by atoms with Gasteiger partial charge in [-0.2, -0.15) is 0 Å². The lowest BCUT2D eigenvalue weighted by atomic mass is 10.4. The van der Waals surface area contributed by atoms with Crippen LogP contribution in [0, 0.1) is 0 Å². The van der Waals surface area contributed by atoms with Crippen LogP contribution in [-0.4, -0.2) is 26.1 Å². The van der Waals surface area contributed by atoms with Gasteiger partial charge in [-0.15, -0.1) is 5.10 Å². The van der Waals surface area contributed by atoms with Gasteiger partial charge in [-0.1, -0.05) is 5.10 Å². The van der Waals surface area contributed by atoms with Crippen LogP contribution in [0.1, 0.15) is 35.1 Å². The molecule has 17 heavy (non-hydrogen) atoms. The highest BCUT2D eigenvalue weighted by atomic mass is 16.4. The van der Waals surface area contributed by atoms with E-state index in [4.69, 9.17) is 4.42 Å². The fourth-order valence-corrected chi connectivity index (χ4v) is 1.36. The Hall–Kier alpha value is -2.31. The number of carbonyl (C=O) groups excluding carboxylic acids is 1. The number of nitrogens with zero attached hydrogens (tertiary/aromatic N) is 4. The van der Waals surface area contributed by atoms with Crippen molar-refractivity contribution < 1.29 is 9.21 Å². The number of hydrogen-bond acceptors (Lipinski definition) is 6. The summed E-state index contributed by atoms with van der Waals surface area (Å²) >= 11 is 0. The van der Waals surface area contributed by atoms with E-state index in [0.717, 1.165) is 12.8 Å². The van der Waals surface area contributed by atoms with E-state index in [2.05, 4.69) is 25.5 Å². The van der Waals surface area contributed by atoms with Crippen molar-refractivity contribution in [2.45, 2.75) is 18.8 Å². The lowest BCUT2D eigenvalue weighted by Gasteiger charge is -1.97. The van der Waals surface area contributed by atoms with Crippen LogP contribution in [0.3, 0.4) is 0 Å². The third-order valence-corrected chi connectivity index (χ3v) is 2.38. The van der Waals surface area contributed by atoms with Gasteiger partial charge >= 0.3 is 6.01 Å². The summed E-state index contributed by atoms with van der Waals surface area (Å²) in [4.78, 5) is 19.3. The molecule has 7 heteroatoms. The van der Waals surface area contributed by atoms with Gasteiger partial charge in [-0.3, -0.25) is 15.1 Å². The highest BCUT2D eigenvalue weighted by Crippen LogP contribution is 2.39. The van der Waals surface area contributed by atoms with Crippen LogP contribution in [0.15, 0.2) is 23.0 Å². The van der Waals surface area contributed by atoms with Gasteiger partial charge in [-0.25, -0.2) is 4.98 Å². The Morgan fingerprint density at radius 2 is 2.24 bits per heavy atom. The van der Waals surface area contributed by atoms with Crippen LogP contribution in [0.4, 0.5) is 6.01 Å². The molecule has 2 aromatic heterocycles. The molecule has 1 N–H and O–H groups in total. The molecule has 1 amide bonds. The minimum absolute atomic E-state index is 0.0996. The molecule has 0 saturated heterocycles. The first-order chi connectivity index (χ1) is 8.33. The Kier molecular flexibility index (Phi) is 2.28. The lowest BCUT2D eigenvalue weighted by Crippen LogP contribution is -2.13. The zero-order valence-corrected chi connectivity index (χ0v) is 8.83. The van der Waals surface area contributed by atoms with Crippen molar-refractivity contribution in [3.8, 4) is 0 Å². The SMILES string of the molecule is O=C(Nc1nnc(C2CC2)o1)c1cnccn1. The molecule has 2 aromatic rings. The summed E-state index contributed by atoms with van der Waals surface area (Å²) in [5.41, 5.74) is 0.207. The van der Waals surface area contributed by atoms with Crippen molar-refractivity contribution in [2.75, 3.05) is 5.32 Å². The Labute approximate surface area is 96.3 Å². The molecular weight excluding hydrogens is 222 g/mol. The van der Waals surface area contributed by atoms with Crippen molar-refractivity contribution in [1.82, 2.24) is 20.2 Å². The quantitative estimate of drug-likeness (QED) is 0.846. The molecule has 0 aliphatic heterocycles. The smallest absolute Gasteiger partial charge is 0.322 e. The van der Waals surface area contributed by atoms with Crippen LogP contribution in [0.25, 0.3) is 0 Å². The Balaban J connectivity index is 1.71. The standard InChI is InChI=1S/C10H9N5O2/c16-8(7-5-11-3-4-12-7)13-10-15-14-9(17-10)6-1-2-6/h3-6H,1-2H2,(H,13,15,16). The second-order valence-electron chi connectivity index (χ2n) is 3.76. The summed E-state index contributed by atoms with van der Waals surface area (Å²) in [6.45, 7) is 0. The molecule has 0 aromatic carbocycles. The zero-order chi connectivity index (χ0) is 11.7. The maximum absolute atomic E-state index is 11.7. The van der Waals surface area contributed by atoms with E-state index in [0.29, 0.717) is 11.8 Å². The molecule has 0 radical (unpaired) electrons. The second kappa shape index (κ2) is 3.93. The van der Waals surface area contributed by atoms with E-state index in [9.17, 15) is 4.79 Å². The van der Waals surface area contributed by atoms with Gasteiger partial charge in [0.25, 0.3) is 5.91 Å². The molecule has 3 rings (SSSR count). The normalized spacial score (nSPS) is 14.6. The lowest BCUT2D eigenvalue weighted by molar-refractivity contribution is 0.101. The number of hydrogen-bond donors (Lipinski definition) is 1. The second-order valence-corrected chi connectivity index (χ2v) is 3.76. The van der Waals surface area contributed by atoms with Crippen molar-refractivity contribution >= 4 is 11.9 Å². The molecule has 1 fully saturated rings. The molecule has 7 nitrogen and oxygen atoms in total. The van der Waals surface area contributed by atoms with Gasteiger partial charge in [0, 0.05) is 18.3 Å². The summed E-state index contributed by atoms with van der Waals surface area (Å²) in [6.07, 6.45) is 6.44. The first kappa shape index (κ1) is 9.88. The highest BCUT2D eigenvalue weighted by Gasteiger charge is 2.29. The molecule has 86 valence electrons. The van der Waals surface area contributed by atoms with Gasteiger partial charge in [0.1, 0.15) is 5.69 Å². The fraction of sp³-hybridized carbons (Fsp3) is 0.300. The molecule has 1 saturated carbocycles. The number of anilines is 1. The van der Waals surface area contributed by atoms with Crippen LogP contribution >= 0.6 is 0 Å². The Bertz CT molecular complexity index is 535. The van der Waals surface area contributed by atoms with Crippen LogP contribution in [0.2, 0.25) is 0 Å². The van der Waals surface area contributed by atoms with Crippen molar-refractivity contribution in [2.24, 2.45) is 0 Å². The largest absolute Gasteiger partial charge is 0.408 e. The third kappa shape index (κ3) is 2.12. The first-order valence-electron chi connectivity index (χ1n) is 5.23. The molecule has 0 unspecified atom stereocenters. The summed E-state index contributed by atoms with van der Waals surface area (Å²) in [6, 6.07) is 0.0996. The van der Waals surface area contributed by atoms with Crippen molar-refractivity contribution in [1.29, 1.82) is 0 Å². The molecule has 2 heterocycles. The molecule has 0 spiro atoms. The predicted molar refractivity (Wildman–Crippen MR) is 56.3 cm³/mol. The first-order valence-corrected chi connectivity index (χ1v) is 5.23. The monoisotopic (exact) mass is 231 g/mol. The molecule has 0 atom stereocenters. The van der Waals surface area contributed by atoms with Crippen LogP contribution in [-0.2, 0) is 0 Å². The van der Waals surface area contributed by atoms with E-state index >= 15 is 0 Å². The van der Waals surface area contributed by atoms with E-state index < -0.39 is 5.91 Å². The minimum Gasteiger partial charge on any atom is -0.408 e. The average Bonchev–Trinajstić information content (AvgIpc) is 3.12. The van der Waals surface area contributed by atoms with E-state index in [1.807, 2.05) is 0 Å². The maximum atomic E-state index is 11.7. The highest BCUT2D eigenvalue weighted by molar-refractivity contribution is 6.01. The summed E-state index contributed by atoms with van der Waals surface area (Å²) in [5, 5.41) is 10.1. The van der Waals surface area contributed by atoms with Crippen LogP contribution < -0.4 is 5.32 Å². The number of nitrogens with one attached hydrogen (secondary N) is 1. The molecule has 1 aliphatic carbocycles. The predicted octanol–water partition coefficient (Wildman–Crippen LogP) is 0.989. The van der Waals surface area contributed by atoms with E-state index in [1.54, 1.807) is 0 Å². The molecule has 1 aliphatic rings. The molecular formula is C10H9N5O2. The molecule has 0 bridgehead atoms. The van der Waals surface area contributed by atoms with Gasteiger partial charge in [0.15, 0.2) is 0 Å². The van der Waals surface area contributed by atoms with Crippen molar-refractivity contribution in [3.05, 3.63) is 30.2 Å². The zero-order valence-electron chi connectivity index (χ0n) is 8.83. The fourth-order valence-electron chi connectivity index (χ4n) is 1.36. The number of rotatable bonds is 3. The van der Waals surface area contributed by atoms with E-state index in [1.165, 1.54) is 18.6 Å². The summed E-state index contributed by atoms with van der Waals surface area (Å²) in [5.74, 6) is 0.535. The van der Waals surface area contributed by atoms with Gasteiger partial charge < -0.3 is 4.42 Å². The summed E-state index contributed by atoms with van der Waals surface area (Å²) in [7, 11) is 0. The third-order valence-electron chi connectivity index (χ3n) is 2.38. The van der Waals surface area contributed by atoms with Gasteiger partial charge in [0.05, 0.1) is 6.20 Å². The number of carbonyl (C=O) groups is 1. The Morgan fingerprint density at radius 1 is 1.35 bits per heavy atom. The topological polar surface area (TPSA) is 93.8 Å². The van der Waals surface area contributed by atoms with Gasteiger partial charge in [-0.05, 0) is 12.8 Å². The minimum atomic E-state index is -0.413.